The van der Waals surface area contributed by atoms with E-state index in [0.717, 1.165) is 21.8 Å². The van der Waals surface area contributed by atoms with Gasteiger partial charge < -0.3 is 10.1 Å². The van der Waals surface area contributed by atoms with Crippen LogP contribution in [-0.4, -0.2) is 33.7 Å². The highest BCUT2D eigenvalue weighted by Gasteiger charge is 2.24. The number of esters is 1. The van der Waals surface area contributed by atoms with Crippen LogP contribution in [0.15, 0.2) is 17.6 Å². The Balaban J connectivity index is 2.30. The first-order valence-electron chi connectivity index (χ1n) is 8.31. The summed E-state index contributed by atoms with van der Waals surface area (Å²) in [5, 5.41) is 10.2. The molecule has 6 nitrogen and oxygen atoms in total. The number of carbonyl (C=O) groups is 1. The van der Waals surface area contributed by atoms with E-state index in [0.29, 0.717) is 16.7 Å². The van der Waals surface area contributed by atoms with Crippen LogP contribution in [0.4, 0.5) is 5.82 Å². The van der Waals surface area contributed by atoms with Crippen molar-refractivity contribution >= 4 is 40.4 Å². The number of fused-ring (bicyclic) bond motifs is 1. The smallest absolute Gasteiger partial charge is 0.343 e. The number of ether oxygens (including phenoxy) is 1. The first-order chi connectivity index (χ1) is 12.3. The van der Waals surface area contributed by atoms with Crippen LogP contribution in [0.25, 0.3) is 16.1 Å². The molecule has 0 saturated carbocycles. The highest BCUT2D eigenvalue weighted by atomic mass is 35.5. The third kappa shape index (κ3) is 3.17. The number of methoxy groups -OCH3 is 1. The van der Waals surface area contributed by atoms with E-state index >= 15 is 0 Å². The van der Waals surface area contributed by atoms with E-state index in [1.807, 2.05) is 18.4 Å². The van der Waals surface area contributed by atoms with Crippen LogP contribution in [0, 0.1) is 12.8 Å². The van der Waals surface area contributed by atoms with E-state index in [1.54, 1.807) is 15.9 Å². The fourth-order valence-electron chi connectivity index (χ4n) is 2.57. The third-order valence-electron chi connectivity index (χ3n) is 4.46. The minimum absolute atomic E-state index is 0.168. The Kier molecular flexibility index (Phi) is 5.20. The normalized spacial score (nSPS) is 12.6. The number of hydrogen-bond acceptors (Lipinski definition) is 6. The molecule has 0 aliphatic carbocycles. The second kappa shape index (κ2) is 7.25. The molecule has 8 heteroatoms. The zero-order chi connectivity index (χ0) is 19.0. The van der Waals surface area contributed by atoms with E-state index < -0.39 is 5.97 Å². The van der Waals surface area contributed by atoms with Gasteiger partial charge in [-0.25, -0.2) is 9.78 Å². The molecule has 0 aliphatic rings. The number of aryl methyl sites for hydroxylation is 1. The van der Waals surface area contributed by atoms with Gasteiger partial charge in [0, 0.05) is 10.9 Å². The lowest BCUT2D eigenvalue weighted by molar-refractivity contribution is 0.0602. The second-order valence-electron chi connectivity index (χ2n) is 6.52. The van der Waals surface area contributed by atoms with Gasteiger partial charge in [0.1, 0.15) is 16.5 Å². The minimum atomic E-state index is -0.494. The molecular weight excluding hydrogens is 372 g/mol. The van der Waals surface area contributed by atoms with Crippen LogP contribution < -0.4 is 5.32 Å². The first kappa shape index (κ1) is 18.7. The molecule has 3 aromatic rings. The molecule has 138 valence electrons. The van der Waals surface area contributed by atoms with Crippen LogP contribution in [0.1, 0.15) is 36.7 Å². The van der Waals surface area contributed by atoms with Crippen molar-refractivity contribution < 1.29 is 9.53 Å². The number of carbonyl (C=O) groups excluding carboxylic acids is 1. The third-order valence-corrected chi connectivity index (χ3v) is 5.77. The van der Waals surface area contributed by atoms with Crippen molar-refractivity contribution in [2.75, 3.05) is 12.4 Å². The summed E-state index contributed by atoms with van der Waals surface area (Å²) >= 11 is 8.17. The number of anilines is 1. The van der Waals surface area contributed by atoms with E-state index in [-0.39, 0.29) is 11.6 Å². The summed E-state index contributed by atoms with van der Waals surface area (Å²) in [6.45, 7) is 8.40. The van der Waals surface area contributed by atoms with Crippen molar-refractivity contribution in [3.63, 3.8) is 0 Å². The number of thiophene rings is 1. The topological polar surface area (TPSA) is 68.5 Å². The molecule has 26 heavy (non-hydrogen) atoms. The number of rotatable bonds is 5. The van der Waals surface area contributed by atoms with Crippen LogP contribution in [0.2, 0.25) is 5.15 Å². The van der Waals surface area contributed by atoms with E-state index in [1.165, 1.54) is 13.3 Å². The number of nitrogens with zero attached hydrogens (tertiary/aromatic N) is 3. The molecule has 0 aliphatic heterocycles. The molecule has 0 fully saturated rings. The number of hydrogen-bond donors (Lipinski definition) is 1. The lowest BCUT2D eigenvalue weighted by Gasteiger charge is -2.22. The fraction of sp³-hybridized carbons (Fsp3) is 0.389. The minimum Gasteiger partial charge on any atom is -0.465 e. The van der Waals surface area contributed by atoms with Crippen molar-refractivity contribution in [1.82, 2.24) is 14.6 Å². The van der Waals surface area contributed by atoms with Crippen molar-refractivity contribution in [2.45, 2.75) is 33.7 Å². The number of aromatic nitrogens is 3. The molecule has 1 atom stereocenters. The fourth-order valence-corrected chi connectivity index (χ4v) is 3.86. The molecule has 1 N–H and O–H groups in total. The summed E-state index contributed by atoms with van der Waals surface area (Å²) in [5.41, 5.74) is 2.56. The molecule has 0 radical (unpaired) electrons. The highest BCUT2D eigenvalue weighted by molar-refractivity contribution is 7.13. The van der Waals surface area contributed by atoms with Crippen molar-refractivity contribution in [3.8, 4) is 10.4 Å². The zero-order valence-corrected chi connectivity index (χ0v) is 16.9. The molecule has 3 heterocycles. The molecule has 0 amide bonds. The Morgan fingerprint density at radius 3 is 2.69 bits per heavy atom. The Morgan fingerprint density at radius 2 is 2.12 bits per heavy atom. The average Bonchev–Trinajstić information content (AvgIpc) is 3.20. The van der Waals surface area contributed by atoms with Gasteiger partial charge in [-0.15, -0.1) is 11.3 Å². The van der Waals surface area contributed by atoms with Gasteiger partial charge in [-0.3, -0.25) is 0 Å². The summed E-state index contributed by atoms with van der Waals surface area (Å²) in [4.78, 5) is 17.5. The first-order valence-corrected chi connectivity index (χ1v) is 9.57. The van der Waals surface area contributed by atoms with Gasteiger partial charge in [-0.2, -0.15) is 9.61 Å². The molecule has 0 spiro atoms. The molecule has 3 aromatic heterocycles. The molecule has 1 unspecified atom stereocenters. The van der Waals surface area contributed by atoms with Gasteiger partial charge in [0.15, 0.2) is 5.65 Å². The van der Waals surface area contributed by atoms with Gasteiger partial charge >= 0.3 is 5.97 Å². The second-order valence-corrected chi connectivity index (χ2v) is 7.80. The predicted octanol–water partition coefficient (Wildman–Crippen LogP) is 4.66. The molecule has 0 bridgehead atoms. The number of halogens is 1. The van der Waals surface area contributed by atoms with Crippen molar-refractivity contribution in [1.29, 1.82) is 0 Å². The van der Waals surface area contributed by atoms with Crippen LogP contribution in [0.3, 0.4) is 0 Å². The summed E-state index contributed by atoms with van der Waals surface area (Å²) in [5.74, 6) is 0.623. The maximum Gasteiger partial charge on any atom is 0.343 e. The van der Waals surface area contributed by atoms with E-state index in [2.05, 4.69) is 36.2 Å². The Hall–Kier alpha value is -2.12. The SMILES string of the molecule is COC(=O)c1cnn2c(NC(C)C(C)C)c(-c3sccc3C)c(Cl)nc12. The van der Waals surface area contributed by atoms with Crippen molar-refractivity contribution in [2.24, 2.45) is 5.92 Å². The Morgan fingerprint density at radius 1 is 1.38 bits per heavy atom. The highest BCUT2D eigenvalue weighted by Crippen LogP contribution is 2.40. The lowest BCUT2D eigenvalue weighted by Crippen LogP contribution is -2.24. The lowest BCUT2D eigenvalue weighted by atomic mass is 10.1. The summed E-state index contributed by atoms with van der Waals surface area (Å²) in [6, 6.07) is 2.21. The average molecular weight is 393 g/mol. The largest absolute Gasteiger partial charge is 0.465 e. The molecule has 3 rings (SSSR count). The van der Waals surface area contributed by atoms with Gasteiger partial charge in [-0.1, -0.05) is 25.4 Å². The standard InChI is InChI=1S/C18H21ClN4O2S/c1-9(2)11(4)21-17-13(14-10(3)6-7-26-14)15(19)22-16-12(18(24)25-5)8-20-23(16)17/h6-9,11,21H,1-5H3. The van der Waals surface area contributed by atoms with Crippen LogP contribution in [-0.2, 0) is 4.74 Å². The number of nitrogens with one attached hydrogen (secondary N) is 1. The monoisotopic (exact) mass is 392 g/mol. The maximum atomic E-state index is 12.0. The summed E-state index contributed by atoms with van der Waals surface area (Å²) in [6.07, 6.45) is 1.46. The van der Waals surface area contributed by atoms with Gasteiger partial charge in [-0.05, 0) is 36.8 Å². The molecular formula is C18H21ClN4O2S. The Labute approximate surface area is 161 Å². The van der Waals surface area contributed by atoms with Gasteiger partial charge in [0.2, 0.25) is 0 Å². The van der Waals surface area contributed by atoms with Gasteiger partial charge in [0.05, 0.1) is 18.9 Å². The van der Waals surface area contributed by atoms with Crippen LogP contribution >= 0.6 is 22.9 Å². The molecule has 0 saturated heterocycles. The van der Waals surface area contributed by atoms with Crippen LogP contribution in [0.5, 0.6) is 0 Å². The van der Waals surface area contributed by atoms with Gasteiger partial charge in [0.25, 0.3) is 0 Å². The quantitative estimate of drug-likeness (QED) is 0.505. The summed E-state index contributed by atoms with van der Waals surface area (Å²) in [7, 11) is 1.33. The van der Waals surface area contributed by atoms with E-state index in [4.69, 9.17) is 16.3 Å². The molecule has 0 aromatic carbocycles. The Bertz CT molecular complexity index is 964. The predicted molar refractivity (Wildman–Crippen MR) is 105 cm³/mol. The maximum absolute atomic E-state index is 12.0. The summed E-state index contributed by atoms with van der Waals surface area (Å²) < 4.78 is 6.46. The van der Waals surface area contributed by atoms with E-state index in [9.17, 15) is 4.79 Å². The van der Waals surface area contributed by atoms with Crippen molar-refractivity contribution in [3.05, 3.63) is 33.9 Å². The zero-order valence-electron chi connectivity index (χ0n) is 15.3.